The van der Waals surface area contributed by atoms with Gasteiger partial charge in [-0.2, -0.15) is 0 Å². The molecule has 0 fully saturated rings. The van der Waals surface area contributed by atoms with Gasteiger partial charge in [0.15, 0.2) is 0 Å². The number of nitrogen functional groups attached to an aromatic ring is 2. The molecule has 2 aromatic rings. The number of aryl methyl sites for hydroxylation is 2. The van der Waals surface area contributed by atoms with E-state index in [-0.39, 0.29) is 17.9 Å². The van der Waals surface area contributed by atoms with Crippen LogP contribution in [0.4, 0.5) is 20.4 Å². The number of benzene rings is 1. The highest BCUT2D eigenvalue weighted by Crippen LogP contribution is 2.29. The molecule has 0 amide bonds. The summed E-state index contributed by atoms with van der Waals surface area (Å²) < 4.78 is 27.0. The molecule has 124 valence electrons. The molecule has 0 atom stereocenters. The Labute approximate surface area is 138 Å². The third-order valence-corrected chi connectivity index (χ3v) is 4.00. The van der Waals surface area contributed by atoms with Gasteiger partial charge in [-0.1, -0.05) is 18.2 Å². The first-order valence-electron chi connectivity index (χ1n) is 7.76. The van der Waals surface area contributed by atoms with E-state index in [0.717, 1.165) is 30.5 Å². The van der Waals surface area contributed by atoms with Crippen molar-refractivity contribution in [2.45, 2.75) is 25.7 Å². The molecule has 4 nitrogen and oxygen atoms in total. The number of hydrogen-bond donors (Lipinski definition) is 2. The van der Waals surface area contributed by atoms with Crippen LogP contribution in [0.15, 0.2) is 36.4 Å². The number of hydrogen-bond acceptors (Lipinski definition) is 4. The molecule has 1 aromatic heterocycles. The molecule has 0 saturated carbocycles. The van der Waals surface area contributed by atoms with Crippen molar-refractivity contribution < 1.29 is 8.78 Å². The molecule has 0 aliphatic heterocycles. The van der Waals surface area contributed by atoms with E-state index < -0.39 is 11.6 Å². The van der Waals surface area contributed by atoms with Crippen LogP contribution >= 0.6 is 0 Å². The molecule has 6 heteroatoms. The van der Waals surface area contributed by atoms with Gasteiger partial charge in [-0.05, 0) is 55.0 Å². The van der Waals surface area contributed by atoms with Gasteiger partial charge in [0.2, 0.25) is 5.95 Å². The van der Waals surface area contributed by atoms with E-state index in [4.69, 9.17) is 11.5 Å². The van der Waals surface area contributed by atoms with E-state index in [1.54, 1.807) is 0 Å². The maximum absolute atomic E-state index is 13.8. The van der Waals surface area contributed by atoms with E-state index in [1.807, 2.05) is 12.2 Å². The topological polar surface area (TPSA) is 77.8 Å². The van der Waals surface area contributed by atoms with Crippen molar-refractivity contribution in [1.29, 1.82) is 0 Å². The van der Waals surface area contributed by atoms with Gasteiger partial charge in [0.1, 0.15) is 11.6 Å². The van der Waals surface area contributed by atoms with Gasteiger partial charge in [-0.15, -0.1) is 0 Å². The second-order valence-electron chi connectivity index (χ2n) is 5.69. The number of rotatable bonds is 4. The lowest BCUT2D eigenvalue weighted by molar-refractivity contribution is 0.584. The van der Waals surface area contributed by atoms with Gasteiger partial charge in [0, 0.05) is 0 Å². The molecule has 0 radical (unpaired) electrons. The average molecular weight is 328 g/mol. The summed E-state index contributed by atoms with van der Waals surface area (Å²) in [7, 11) is 0. The van der Waals surface area contributed by atoms with E-state index in [1.165, 1.54) is 6.07 Å². The first-order valence-corrected chi connectivity index (χ1v) is 7.76. The highest BCUT2D eigenvalue weighted by Gasteiger charge is 2.15. The van der Waals surface area contributed by atoms with Gasteiger partial charge in [-0.25, -0.2) is 18.7 Å². The molecule has 1 aliphatic rings. The lowest BCUT2D eigenvalue weighted by Crippen LogP contribution is -2.10. The van der Waals surface area contributed by atoms with Crippen LogP contribution in [0.1, 0.15) is 29.8 Å². The average Bonchev–Trinajstić information content (AvgIpc) is 2.59. The van der Waals surface area contributed by atoms with Crippen molar-refractivity contribution in [2.24, 2.45) is 0 Å². The predicted molar refractivity (Wildman–Crippen MR) is 91.0 cm³/mol. The zero-order valence-corrected chi connectivity index (χ0v) is 13.1. The van der Waals surface area contributed by atoms with Crippen molar-refractivity contribution in [1.82, 2.24) is 9.97 Å². The van der Waals surface area contributed by atoms with E-state index >= 15 is 0 Å². The van der Waals surface area contributed by atoms with Crippen LogP contribution in [0.2, 0.25) is 0 Å². The molecule has 0 bridgehead atoms. The SMILES string of the molecule is Nc1nc(CCc2cc(F)ccc2F)c(N)c(C2=CC=CCC2)n1. The van der Waals surface area contributed by atoms with Gasteiger partial charge >= 0.3 is 0 Å². The number of nitrogens with two attached hydrogens (primary N) is 2. The molecule has 4 N–H and O–H groups in total. The Kier molecular flexibility index (Phi) is 4.55. The molecule has 1 aliphatic carbocycles. The maximum atomic E-state index is 13.8. The molecule has 0 saturated heterocycles. The molecule has 1 heterocycles. The Hall–Kier alpha value is -2.76. The molecule has 0 spiro atoms. The summed E-state index contributed by atoms with van der Waals surface area (Å²) in [4.78, 5) is 8.42. The van der Waals surface area contributed by atoms with Crippen molar-refractivity contribution >= 4 is 17.2 Å². The fourth-order valence-electron chi connectivity index (χ4n) is 2.76. The Bertz CT molecular complexity index is 828. The summed E-state index contributed by atoms with van der Waals surface area (Å²) in [6, 6.07) is 3.40. The largest absolute Gasteiger partial charge is 0.395 e. The zero-order chi connectivity index (χ0) is 17.1. The number of halogens is 2. The van der Waals surface area contributed by atoms with Crippen LogP contribution < -0.4 is 11.5 Å². The molecule has 24 heavy (non-hydrogen) atoms. The highest BCUT2D eigenvalue weighted by atomic mass is 19.1. The van der Waals surface area contributed by atoms with Crippen LogP contribution in [0.3, 0.4) is 0 Å². The number of nitrogens with zero attached hydrogens (tertiary/aromatic N) is 2. The quantitative estimate of drug-likeness (QED) is 0.901. The Morgan fingerprint density at radius 2 is 1.92 bits per heavy atom. The minimum Gasteiger partial charge on any atom is -0.395 e. The van der Waals surface area contributed by atoms with Gasteiger partial charge in [0.25, 0.3) is 0 Å². The molecule has 0 unspecified atom stereocenters. The van der Waals surface area contributed by atoms with Crippen molar-refractivity contribution in [3.05, 3.63) is 65.0 Å². The van der Waals surface area contributed by atoms with Gasteiger partial charge in [-0.3, -0.25) is 0 Å². The lowest BCUT2D eigenvalue weighted by atomic mass is 9.98. The molecule has 3 rings (SSSR count). The normalized spacial score (nSPS) is 13.8. The Morgan fingerprint density at radius 1 is 1.08 bits per heavy atom. The van der Waals surface area contributed by atoms with Crippen LogP contribution in [0.5, 0.6) is 0 Å². The third-order valence-electron chi connectivity index (χ3n) is 4.00. The third kappa shape index (κ3) is 3.42. The summed E-state index contributed by atoms with van der Waals surface area (Å²) in [6.45, 7) is 0. The van der Waals surface area contributed by atoms with Crippen molar-refractivity contribution in [3.63, 3.8) is 0 Å². The fraction of sp³-hybridized carbons (Fsp3) is 0.222. The Balaban J connectivity index is 1.88. The molecule has 1 aromatic carbocycles. The van der Waals surface area contributed by atoms with E-state index in [2.05, 4.69) is 16.0 Å². The van der Waals surface area contributed by atoms with Gasteiger partial charge < -0.3 is 11.5 Å². The maximum Gasteiger partial charge on any atom is 0.220 e. The summed E-state index contributed by atoms with van der Waals surface area (Å²) in [5.41, 5.74) is 14.9. The molecular weight excluding hydrogens is 310 g/mol. The highest BCUT2D eigenvalue weighted by molar-refractivity contribution is 5.75. The summed E-state index contributed by atoms with van der Waals surface area (Å²) in [5.74, 6) is -0.789. The number of anilines is 2. The minimum atomic E-state index is -0.471. The number of allylic oxidation sites excluding steroid dienone is 4. The van der Waals surface area contributed by atoms with Crippen molar-refractivity contribution in [3.8, 4) is 0 Å². The van der Waals surface area contributed by atoms with Crippen LogP contribution in [-0.2, 0) is 12.8 Å². The summed E-state index contributed by atoms with van der Waals surface area (Å²) in [5, 5.41) is 0. The zero-order valence-electron chi connectivity index (χ0n) is 13.1. The summed E-state index contributed by atoms with van der Waals surface area (Å²) in [6.07, 6.45) is 8.36. The van der Waals surface area contributed by atoms with Crippen LogP contribution in [-0.4, -0.2) is 9.97 Å². The first-order chi connectivity index (χ1) is 11.5. The minimum absolute atomic E-state index is 0.129. The standard InChI is InChI=1S/C18H18F2N4/c19-13-7-8-14(20)12(10-13)6-9-15-16(21)17(24-18(22)23-15)11-4-2-1-3-5-11/h1-2,4,7-8,10H,3,5-6,9,21H2,(H2,22,23,24). The first kappa shape index (κ1) is 16.1. The van der Waals surface area contributed by atoms with Crippen LogP contribution in [0.25, 0.3) is 5.57 Å². The van der Waals surface area contributed by atoms with E-state index in [0.29, 0.717) is 23.5 Å². The van der Waals surface area contributed by atoms with Crippen LogP contribution in [0, 0.1) is 11.6 Å². The predicted octanol–water partition coefficient (Wildman–Crippen LogP) is 3.44. The van der Waals surface area contributed by atoms with Crippen molar-refractivity contribution in [2.75, 3.05) is 11.5 Å². The smallest absolute Gasteiger partial charge is 0.220 e. The fourth-order valence-corrected chi connectivity index (χ4v) is 2.76. The van der Waals surface area contributed by atoms with Gasteiger partial charge in [0.05, 0.1) is 17.1 Å². The number of aromatic nitrogens is 2. The van der Waals surface area contributed by atoms with E-state index in [9.17, 15) is 8.78 Å². The molecular formula is C18H18F2N4. The summed E-state index contributed by atoms with van der Waals surface area (Å²) >= 11 is 0. The monoisotopic (exact) mass is 328 g/mol. The second kappa shape index (κ2) is 6.78. The lowest BCUT2D eigenvalue weighted by Gasteiger charge is -2.14. The Morgan fingerprint density at radius 3 is 2.67 bits per heavy atom. The second-order valence-corrected chi connectivity index (χ2v) is 5.69.